The van der Waals surface area contributed by atoms with Crippen molar-refractivity contribution in [2.24, 2.45) is 0 Å². The lowest BCUT2D eigenvalue weighted by Crippen LogP contribution is -2.15. The number of halogens is 1. The number of amides is 1. The number of benzene rings is 2. The van der Waals surface area contributed by atoms with Crippen LogP contribution in [-0.4, -0.2) is 39.4 Å². The molecule has 0 spiro atoms. The minimum atomic E-state index is -0.125. The van der Waals surface area contributed by atoms with Crippen LogP contribution in [0, 0.1) is 0 Å². The molecule has 0 saturated carbocycles. The average Bonchev–Trinajstić information content (AvgIpc) is 2.67. The normalized spacial score (nSPS) is 10.4. The van der Waals surface area contributed by atoms with Crippen LogP contribution in [-0.2, 0) is 16.0 Å². The van der Waals surface area contributed by atoms with E-state index in [0.717, 1.165) is 15.8 Å². The van der Waals surface area contributed by atoms with Crippen molar-refractivity contribution in [1.29, 1.82) is 0 Å². The van der Waals surface area contributed by atoms with Crippen LogP contribution >= 0.6 is 15.9 Å². The summed E-state index contributed by atoms with van der Waals surface area (Å²) in [4.78, 5) is 12.5. The van der Waals surface area contributed by atoms with Crippen LogP contribution in [0.15, 0.2) is 40.9 Å². The highest BCUT2D eigenvalue weighted by Gasteiger charge is 2.14. The van der Waals surface area contributed by atoms with Gasteiger partial charge in [-0.1, -0.05) is 15.9 Å². The fraction of sp³-hybridized carbons (Fsp3) is 0.381. The predicted molar refractivity (Wildman–Crippen MR) is 113 cm³/mol. The minimum absolute atomic E-state index is 0.125. The van der Waals surface area contributed by atoms with E-state index in [2.05, 4.69) is 21.2 Å². The summed E-state index contributed by atoms with van der Waals surface area (Å²) in [6.07, 6.45) is 0.207. The predicted octanol–water partition coefficient (Wildman–Crippen LogP) is 4.45. The van der Waals surface area contributed by atoms with Crippen LogP contribution in [0.5, 0.6) is 17.2 Å². The maximum Gasteiger partial charge on any atom is 0.228 e. The number of anilines is 1. The van der Waals surface area contributed by atoms with E-state index in [-0.39, 0.29) is 12.3 Å². The number of carbonyl (C=O) groups is 1. The molecule has 0 aliphatic carbocycles. The Morgan fingerprint density at radius 3 is 2.21 bits per heavy atom. The fourth-order valence-electron chi connectivity index (χ4n) is 2.50. The van der Waals surface area contributed by atoms with Crippen molar-refractivity contribution in [1.82, 2.24) is 0 Å². The van der Waals surface area contributed by atoms with Gasteiger partial charge in [0.05, 0.1) is 26.2 Å². The quantitative estimate of drug-likeness (QED) is 0.511. The third-order valence-corrected chi connectivity index (χ3v) is 4.50. The minimum Gasteiger partial charge on any atom is -0.491 e. The maximum absolute atomic E-state index is 12.5. The standard InChI is InChI=1S/C21H26BrNO5/c1-4-26-19-12-15(18(22)14-20(19)27-5-2)13-21(24)23-16-6-8-17(9-7-16)28-11-10-25-3/h6-9,12,14H,4-5,10-11,13H2,1-3H3,(H,23,24). The molecule has 2 aromatic carbocycles. The van der Waals surface area contributed by atoms with E-state index in [1.807, 2.05) is 38.1 Å². The van der Waals surface area contributed by atoms with Crippen molar-refractivity contribution in [3.8, 4) is 17.2 Å². The molecule has 28 heavy (non-hydrogen) atoms. The Morgan fingerprint density at radius 2 is 1.61 bits per heavy atom. The summed E-state index contributed by atoms with van der Waals surface area (Å²) in [6.45, 7) is 5.89. The van der Waals surface area contributed by atoms with E-state index in [0.29, 0.717) is 43.6 Å². The highest BCUT2D eigenvalue weighted by Crippen LogP contribution is 2.34. The Balaban J connectivity index is 2.01. The Hall–Kier alpha value is -2.25. The smallest absolute Gasteiger partial charge is 0.228 e. The van der Waals surface area contributed by atoms with Gasteiger partial charge in [-0.3, -0.25) is 4.79 Å². The first-order valence-corrected chi connectivity index (χ1v) is 9.96. The van der Waals surface area contributed by atoms with Gasteiger partial charge in [-0.25, -0.2) is 0 Å². The van der Waals surface area contributed by atoms with E-state index in [4.69, 9.17) is 18.9 Å². The molecule has 0 aliphatic heterocycles. The van der Waals surface area contributed by atoms with Gasteiger partial charge in [0.25, 0.3) is 0 Å². The van der Waals surface area contributed by atoms with Gasteiger partial charge in [0.1, 0.15) is 12.4 Å². The van der Waals surface area contributed by atoms with Crippen LogP contribution in [0.2, 0.25) is 0 Å². The molecule has 0 bridgehead atoms. The molecule has 0 aliphatic rings. The third-order valence-electron chi connectivity index (χ3n) is 3.76. The molecule has 6 nitrogen and oxygen atoms in total. The summed E-state index contributed by atoms with van der Waals surface area (Å²) in [6, 6.07) is 10.9. The number of hydrogen-bond donors (Lipinski definition) is 1. The molecule has 2 aromatic rings. The van der Waals surface area contributed by atoms with Gasteiger partial charge in [0, 0.05) is 17.3 Å². The van der Waals surface area contributed by atoms with Gasteiger partial charge in [-0.15, -0.1) is 0 Å². The van der Waals surface area contributed by atoms with E-state index in [9.17, 15) is 4.79 Å². The van der Waals surface area contributed by atoms with Crippen LogP contribution in [0.4, 0.5) is 5.69 Å². The summed E-state index contributed by atoms with van der Waals surface area (Å²) in [7, 11) is 1.63. The van der Waals surface area contributed by atoms with Crippen LogP contribution in [0.3, 0.4) is 0 Å². The number of nitrogens with one attached hydrogen (secondary N) is 1. The molecule has 7 heteroatoms. The summed E-state index contributed by atoms with van der Waals surface area (Å²) in [5.41, 5.74) is 1.53. The summed E-state index contributed by atoms with van der Waals surface area (Å²) >= 11 is 3.51. The van der Waals surface area contributed by atoms with Gasteiger partial charge in [0.2, 0.25) is 5.91 Å². The number of ether oxygens (including phenoxy) is 4. The zero-order valence-electron chi connectivity index (χ0n) is 16.4. The van der Waals surface area contributed by atoms with E-state index < -0.39 is 0 Å². The Morgan fingerprint density at radius 1 is 0.964 bits per heavy atom. The SMILES string of the molecule is CCOc1cc(Br)c(CC(=O)Nc2ccc(OCCOC)cc2)cc1OCC. The first-order chi connectivity index (χ1) is 13.6. The summed E-state index contributed by atoms with van der Waals surface area (Å²) < 4.78 is 22.5. The van der Waals surface area contributed by atoms with Crippen LogP contribution in [0.25, 0.3) is 0 Å². The van der Waals surface area contributed by atoms with Crippen molar-refractivity contribution in [3.63, 3.8) is 0 Å². The molecular weight excluding hydrogens is 426 g/mol. The number of rotatable bonds is 11. The highest BCUT2D eigenvalue weighted by atomic mass is 79.9. The van der Waals surface area contributed by atoms with Crippen molar-refractivity contribution < 1.29 is 23.7 Å². The Bertz CT molecular complexity index is 764. The summed E-state index contributed by atoms with van der Waals surface area (Å²) in [5, 5.41) is 2.89. The molecule has 1 amide bonds. The largest absolute Gasteiger partial charge is 0.491 e. The van der Waals surface area contributed by atoms with Crippen molar-refractivity contribution >= 4 is 27.5 Å². The zero-order valence-corrected chi connectivity index (χ0v) is 18.0. The monoisotopic (exact) mass is 451 g/mol. The molecule has 1 N–H and O–H groups in total. The second kappa shape index (κ2) is 11.6. The molecule has 152 valence electrons. The molecule has 0 fully saturated rings. The van der Waals surface area contributed by atoms with Gasteiger partial charge >= 0.3 is 0 Å². The van der Waals surface area contributed by atoms with Gasteiger partial charge in [-0.05, 0) is 55.8 Å². The van der Waals surface area contributed by atoms with Gasteiger partial charge in [0.15, 0.2) is 11.5 Å². The average molecular weight is 452 g/mol. The molecule has 0 aromatic heterocycles. The zero-order chi connectivity index (χ0) is 20.4. The maximum atomic E-state index is 12.5. The topological polar surface area (TPSA) is 66.0 Å². The fourth-order valence-corrected chi connectivity index (χ4v) is 2.97. The first-order valence-electron chi connectivity index (χ1n) is 9.17. The lowest BCUT2D eigenvalue weighted by atomic mass is 10.1. The van der Waals surface area contributed by atoms with Gasteiger partial charge < -0.3 is 24.3 Å². The molecule has 0 radical (unpaired) electrons. The van der Waals surface area contributed by atoms with Crippen molar-refractivity contribution in [2.45, 2.75) is 20.3 Å². The Kier molecular flexibility index (Phi) is 9.10. The number of carbonyl (C=O) groups excluding carboxylic acids is 1. The van der Waals surface area contributed by atoms with Gasteiger partial charge in [-0.2, -0.15) is 0 Å². The molecule has 0 heterocycles. The Labute approximate surface area is 174 Å². The molecular formula is C21H26BrNO5. The molecule has 0 unspecified atom stereocenters. The number of methoxy groups -OCH3 is 1. The van der Waals surface area contributed by atoms with Crippen molar-refractivity contribution in [2.75, 3.05) is 38.9 Å². The first kappa shape index (κ1) is 22.0. The summed E-state index contributed by atoms with van der Waals surface area (Å²) in [5.74, 6) is 1.89. The van der Waals surface area contributed by atoms with Crippen LogP contribution < -0.4 is 19.5 Å². The van der Waals surface area contributed by atoms with E-state index >= 15 is 0 Å². The third kappa shape index (κ3) is 6.73. The second-order valence-electron chi connectivity index (χ2n) is 5.85. The highest BCUT2D eigenvalue weighted by molar-refractivity contribution is 9.10. The molecule has 0 saturated heterocycles. The second-order valence-corrected chi connectivity index (χ2v) is 6.70. The lowest BCUT2D eigenvalue weighted by Gasteiger charge is -2.14. The van der Waals surface area contributed by atoms with Crippen LogP contribution in [0.1, 0.15) is 19.4 Å². The van der Waals surface area contributed by atoms with E-state index in [1.165, 1.54) is 0 Å². The molecule has 2 rings (SSSR count). The van der Waals surface area contributed by atoms with E-state index in [1.54, 1.807) is 19.2 Å². The van der Waals surface area contributed by atoms with Crippen molar-refractivity contribution in [3.05, 3.63) is 46.4 Å². The number of hydrogen-bond acceptors (Lipinski definition) is 5. The molecule has 0 atom stereocenters. The lowest BCUT2D eigenvalue weighted by molar-refractivity contribution is -0.115.